The zero-order chi connectivity index (χ0) is 13.1. The van der Waals surface area contributed by atoms with Crippen LogP contribution in [0, 0.1) is 5.82 Å². The van der Waals surface area contributed by atoms with Crippen molar-refractivity contribution in [1.82, 2.24) is 9.97 Å². The van der Waals surface area contributed by atoms with Gasteiger partial charge in [0.25, 0.3) is 0 Å². The molecule has 94 valence electrons. The predicted octanol–water partition coefficient (Wildman–Crippen LogP) is 1.92. The van der Waals surface area contributed by atoms with Gasteiger partial charge >= 0.3 is 0 Å². The molecule has 2 aromatic rings. The van der Waals surface area contributed by atoms with Gasteiger partial charge in [-0.15, -0.1) is 0 Å². The third kappa shape index (κ3) is 2.32. The van der Waals surface area contributed by atoms with E-state index >= 15 is 0 Å². The number of rotatable bonds is 3. The van der Waals surface area contributed by atoms with Crippen LogP contribution in [0.15, 0.2) is 24.3 Å². The minimum Gasteiger partial charge on any atom is -0.494 e. The molecule has 0 spiro atoms. The van der Waals surface area contributed by atoms with Crippen LogP contribution in [-0.4, -0.2) is 24.1 Å². The summed E-state index contributed by atoms with van der Waals surface area (Å²) in [4.78, 5) is 8.04. The predicted molar refractivity (Wildman–Crippen MR) is 67.9 cm³/mol. The standard InChI is InChI=1S/C12H13FN4O/c1-15-11-6-9(16-12(14)17-11)7-3-4-10(18-2)8(13)5-7/h3-6H,1-2H3,(H3,14,15,16,17). The third-order valence-electron chi connectivity index (χ3n) is 2.45. The Balaban J connectivity index is 2.48. The van der Waals surface area contributed by atoms with Gasteiger partial charge in [-0.25, -0.2) is 9.37 Å². The van der Waals surface area contributed by atoms with E-state index in [0.29, 0.717) is 17.1 Å². The van der Waals surface area contributed by atoms with E-state index in [2.05, 4.69) is 15.3 Å². The molecule has 18 heavy (non-hydrogen) atoms. The number of nitrogen functional groups attached to an aromatic ring is 1. The number of hydrogen-bond acceptors (Lipinski definition) is 5. The first-order valence-electron chi connectivity index (χ1n) is 5.30. The van der Waals surface area contributed by atoms with E-state index in [0.717, 1.165) is 0 Å². The monoisotopic (exact) mass is 248 g/mol. The average Bonchev–Trinajstić information content (AvgIpc) is 2.37. The van der Waals surface area contributed by atoms with Crippen LogP contribution in [0.3, 0.4) is 0 Å². The lowest BCUT2D eigenvalue weighted by Gasteiger charge is -2.07. The largest absolute Gasteiger partial charge is 0.494 e. The molecule has 0 aliphatic carbocycles. The lowest BCUT2D eigenvalue weighted by Crippen LogP contribution is -2.01. The number of benzene rings is 1. The first kappa shape index (κ1) is 12.1. The summed E-state index contributed by atoms with van der Waals surface area (Å²) in [6.45, 7) is 0. The molecule has 0 fully saturated rings. The van der Waals surface area contributed by atoms with E-state index in [1.165, 1.54) is 13.2 Å². The molecule has 0 amide bonds. The Bertz CT molecular complexity index is 574. The molecule has 0 unspecified atom stereocenters. The molecular formula is C12H13FN4O. The van der Waals surface area contributed by atoms with Crippen LogP contribution in [-0.2, 0) is 0 Å². The van der Waals surface area contributed by atoms with E-state index < -0.39 is 5.82 Å². The highest BCUT2D eigenvalue weighted by Gasteiger charge is 2.08. The zero-order valence-electron chi connectivity index (χ0n) is 10.1. The molecular weight excluding hydrogens is 235 g/mol. The molecule has 6 heteroatoms. The quantitative estimate of drug-likeness (QED) is 0.868. The van der Waals surface area contributed by atoms with Crippen molar-refractivity contribution in [3.8, 4) is 17.0 Å². The number of hydrogen-bond donors (Lipinski definition) is 2. The Hall–Kier alpha value is -2.37. The normalized spacial score (nSPS) is 10.2. The van der Waals surface area contributed by atoms with Crippen molar-refractivity contribution in [2.45, 2.75) is 0 Å². The summed E-state index contributed by atoms with van der Waals surface area (Å²) in [5.74, 6) is 0.453. The number of ether oxygens (including phenoxy) is 1. The van der Waals surface area contributed by atoms with Crippen molar-refractivity contribution in [2.75, 3.05) is 25.2 Å². The molecule has 1 aromatic carbocycles. The van der Waals surface area contributed by atoms with Crippen LogP contribution in [0.4, 0.5) is 16.2 Å². The Morgan fingerprint density at radius 2 is 2.06 bits per heavy atom. The Labute approximate surface area is 104 Å². The third-order valence-corrected chi connectivity index (χ3v) is 2.45. The molecule has 0 radical (unpaired) electrons. The van der Waals surface area contributed by atoms with Crippen molar-refractivity contribution in [2.24, 2.45) is 0 Å². The van der Waals surface area contributed by atoms with Gasteiger partial charge in [0, 0.05) is 18.7 Å². The van der Waals surface area contributed by atoms with E-state index in [4.69, 9.17) is 10.5 Å². The zero-order valence-corrected chi connectivity index (χ0v) is 10.1. The molecule has 3 N–H and O–H groups in total. The number of aromatic nitrogens is 2. The fraction of sp³-hybridized carbons (Fsp3) is 0.167. The molecule has 0 bridgehead atoms. The molecule has 0 aliphatic heterocycles. The highest BCUT2D eigenvalue weighted by atomic mass is 19.1. The number of nitrogens with two attached hydrogens (primary N) is 1. The van der Waals surface area contributed by atoms with E-state index in [9.17, 15) is 4.39 Å². The summed E-state index contributed by atoms with van der Waals surface area (Å²) in [5, 5.41) is 2.87. The number of halogens is 1. The number of nitrogens with zero attached hydrogens (tertiary/aromatic N) is 2. The molecule has 5 nitrogen and oxygen atoms in total. The Morgan fingerprint density at radius 3 is 2.67 bits per heavy atom. The highest BCUT2D eigenvalue weighted by Crippen LogP contribution is 2.25. The van der Waals surface area contributed by atoms with Crippen molar-refractivity contribution in [3.05, 3.63) is 30.1 Å². The fourth-order valence-corrected chi connectivity index (χ4v) is 1.57. The summed E-state index contributed by atoms with van der Waals surface area (Å²) in [7, 11) is 3.14. The molecule has 0 aliphatic rings. The molecule has 1 heterocycles. The number of nitrogens with one attached hydrogen (secondary N) is 1. The second-order valence-electron chi connectivity index (χ2n) is 3.60. The average molecular weight is 248 g/mol. The Kier molecular flexibility index (Phi) is 3.27. The van der Waals surface area contributed by atoms with Gasteiger partial charge in [-0.3, -0.25) is 0 Å². The summed E-state index contributed by atoms with van der Waals surface area (Å²) in [6, 6.07) is 6.29. The van der Waals surface area contributed by atoms with Gasteiger partial charge in [0.05, 0.1) is 12.8 Å². The summed E-state index contributed by atoms with van der Waals surface area (Å²) in [6.07, 6.45) is 0. The Morgan fingerprint density at radius 1 is 1.28 bits per heavy atom. The maximum atomic E-state index is 13.6. The number of methoxy groups -OCH3 is 1. The molecule has 0 saturated heterocycles. The van der Waals surface area contributed by atoms with Gasteiger partial charge < -0.3 is 15.8 Å². The smallest absolute Gasteiger partial charge is 0.222 e. The van der Waals surface area contributed by atoms with Crippen LogP contribution in [0.2, 0.25) is 0 Å². The maximum absolute atomic E-state index is 13.6. The van der Waals surface area contributed by atoms with Crippen LogP contribution in [0.25, 0.3) is 11.3 Å². The molecule has 2 rings (SSSR count). The van der Waals surface area contributed by atoms with E-state index in [1.807, 2.05) is 0 Å². The SMILES string of the molecule is CNc1cc(-c2ccc(OC)c(F)c2)nc(N)n1. The second kappa shape index (κ2) is 4.87. The van der Waals surface area contributed by atoms with E-state index in [1.54, 1.807) is 25.2 Å². The van der Waals surface area contributed by atoms with Crippen LogP contribution < -0.4 is 15.8 Å². The van der Waals surface area contributed by atoms with Gasteiger partial charge in [0.15, 0.2) is 11.6 Å². The topological polar surface area (TPSA) is 73.1 Å². The minimum absolute atomic E-state index is 0.132. The fourth-order valence-electron chi connectivity index (χ4n) is 1.57. The lowest BCUT2D eigenvalue weighted by molar-refractivity contribution is 0.386. The van der Waals surface area contributed by atoms with Crippen LogP contribution in [0.1, 0.15) is 0 Å². The first-order chi connectivity index (χ1) is 8.63. The summed E-state index contributed by atoms with van der Waals surface area (Å²) >= 11 is 0. The summed E-state index contributed by atoms with van der Waals surface area (Å²) in [5.41, 5.74) is 6.75. The van der Waals surface area contributed by atoms with Gasteiger partial charge in [-0.1, -0.05) is 0 Å². The van der Waals surface area contributed by atoms with Gasteiger partial charge in [-0.2, -0.15) is 4.98 Å². The number of anilines is 2. The van der Waals surface area contributed by atoms with Crippen LogP contribution in [0.5, 0.6) is 5.75 Å². The first-order valence-corrected chi connectivity index (χ1v) is 5.30. The van der Waals surface area contributed by atoms with Crippen molar-refractivity contribution in [3.63, 3.8) is 0 Å². The molecule has 0 atom stereocenters. The molecule has 0 saturated carbocycles. The minimum atomic E-state index is -0.446. The van der Waals surface area contributed by atoms with E-state index in [-0.39, 0.29) is 11.7 Å². The lowest BCUT2D eigenvalue weighted by atomic mass is 10.1. The second-order valence-corrected chi connectivity index (χ2v) is 3.60. The van der Waals surface area contributed by atoms with Crippen molar-refractivity contribution in [1.29, 1.82) is 0 Å². The van der Waals surface area contributed by atoms with Gasteiger partial charge in [0.1, 0.15) is 5.82 Å². The van der Waals surface area contributed by atoms with Gasteiger partial charge in [-0.05, 0) is 18.2 Å². The van der Waals surface area contributed by atoms with Crippen molar-refractivity contribution >= 4 is 11.8 Å². The van der Waals surface area contributed by atoms with Crippen molar-refractivity contribution < 1.29 is 9.13 Å². The highest BCUT2D eigenvalue weighted by molar-refractivity contribution is 5.64. The summed E-state index contributed by atoms with van der Waals surface area (Å²) < 4.78 is 18.5. The van der Waals surface area contributed by atoms with Crippen LogP contribution >= 0.6 is 0 Å². The maximum Gasteiger partial charge on any atom is 0.222 e. The van der Waals surface area contributed by atoms with Gasteiger partial charge in [0.2, 0.25) is 5.95 Å². The molecule has 1 aromatic heterocycles.